The molecule has 0 radical (unpaired) electrons. The molecule has 1 unspecified atom stereocenters. The summed E-state index contributed by atoms with van der Waals surface area (Å²) in [6, 6.07) is 8.83. The van der Waals surface area contributed by atoms with Crippen LogP contribution in [0, 0.1) is 18.7 Å². The van der Waals surface area contributed by atoms with Crippen molar-refractivity contribution in [3.8, 4) is 5.75 Å². The lowest BCUT2D eigenvalue weighted by Crippen LogP contribution is -2.47. The summed E-state index contributed by atoms with van der Waals surface area (Å²) in [4.78, 5) is 12.7. The molecule has 6 nitrogen and oxygen atoms in total. The van der Waals surface area contributed by atoms with Crippen LogP contribution in [-0.4, -0.2) is 27.5 Å². The van der Waals surface area contributed by atoms with Crippen molar-refractivity contribution in [1.82, 2.24) is 4.72 Å². The maximum atomic E-state index is 13.2. The minimum atomic E-state index is -3.91. The molecule has 0 aliphatic heterocycles. The van der Waals surface area contributed by atoms with Crippen LogP contribution in [0.2, 0.25) is 0 Å². The number of aryl methyl sites for hydroxylation is 1. The van der Waals surface area contributed by atoms with Gasteiger partial charge in [0.25, 0.3) is 0 Å². The summed E-state index contributed by atoms with van der Waals surface area (Å²) in [5, 5.41) is 2.66. The number of methoxy groups -OCH3 is 1. The lowest BCUT2D eigenvalue weighted by atomic mass is 10.0. The Balaban J connectivity index is 2.21. The number of ether oxygens (including phenoxy) is 1. The van der Waals surface area contributed by atoms with E-state index in [2.05, 4.69) is 10.0 Å². The van der Waals surface area contributed by atoms with E-state index in [-0.39, 0.29) is 10.8 Å². The molecule has 0 aliphatic rings. The van der Waals surface area contributed by atoms with Gasteiger partial charge >= 0.3 is 0 Å². The average molecular weight is 394 g/mol. The van der Waals surface area contributed by atoms with Crippen LogP contribution in [0.15, 0.2) is 47.4 Å². The number of benzene rings is 2. The number of carbonyl (C=O) groups excluding carboxylic acids is 1. The minimum Gasteiger partial charge on any atom is -0.497 e. The minimum absolute atomic E-state index is 0.0275. The van der Waals surface area contributed by atoms with E-state index in [1.807, 2.05) is 0 Å². The number of rotatable bonds is 7. The molecule has 0 spiro atoms. The summed E-state index contributed by atoms with van der Waals surface area (Å²) in [5.74, 6) is -0.708. The zero-order chi connectivity index (χ0) is 20.2. The molecule has 2 N–H and O–H groups in total. The average Bonchev–Trinajstić information content (AvgIpc) is 2.61. The molecule has 2 aromatic rings. The Morgan fingerprint density at radius 3 is 2.26 bits per heavy atom. The smallest absolute Gasteiger partial charge is 0.242 e. The summed E-state index contributed by atoms with van der Waals surface area (Å²) >= 11 is 0. The van der Waals surface area contributed by atoms with Gasteiger partial charge in [0, 0.05) is 5.69 Å². The molecule has 0 aliphatic carbocycles. The van der Waals surface area contributed by atoms with Crippen molar-refractivity contribution in [2.24, 2.45) is 5.92 Å². The lowest BCUT2D eigenvalue weighted by Gasteiger charge is -2.22. The monoisotopic (exact) mass is 394 g/mol. The zero-order valence-corrected chi connectivity index (χ0v) is 16.4. The van der Waals surface area contributed by atoms with Gasteiger partial charge in [0.15, 0.2) is 0 Å². The van der Waals surface area contributed by atoms with E-state index >= 15 is 0 Å². The van der Waals surface area contributed by atoms with E-state index in [1.165, 1.54) is 49.6 Å². The number of carbonyl (C=O) groups is 1. The lowest BCUT2D eigenvalue weighted by molar-refractivity contribution is -0.118. The number of halogens is 1. The molecule has 2 aromatic carbocycles. The van der Waals surface area contributed by atoms with Gasteiger partial charge in [-0.15, -0.1) is 0 Å². The van der Waals surface area contributed by atoms with Crippen LogP contribution >= 0.6 is 0 Å². The van der Waals surface area contributed by atoms with Crippen molar-refractivity contribution in [2.45, 2.75) is 31.7 Å². The molecule has 27 heavy (non-hydrogen) atoms. The highest BCUT2D eigenvalue weighted by Crippen LogP contribution is 2.19. The topological polar surface area (TPSA) is 84.5 Å². The second-order valence-corrected chi connectivity index (χ2v) is 8.18. The van der Waals surface area contributed by atoms with Gasteiger partial charge in [-0.3, -0.25) is 4.79 Å². The Labute approximate surface area is 158 Å². The maximum Gasteiger partial charge on any atom is 0.242 e. The number of nitrogens with one attached hydrogen (secondary N) is 2. The predicted molar refractivity (Wildman–Crippen MR) is 102 cm³/mol. The van der Waals surface area contributed by atoms with Crippen LogP contribution in [0.5, 0.6) is 5.75 Å². The number of hydrogen-bond acceptors (Lipinski definition) is 4. The van der Waals surface area contributed by atoms with Crippen molar-refractivity contribution in [1.29, 1.82) is 0 Å². The molecule has 0 fully saturated rings. The fourth-order valence-corrected chi connectivity index (χ4v) is 3.80. The third-order valence-corrected chi connectivity index (χ3v) is 5.50. The van der Waals surface area contributed by atoms with Gasteiger partial charge in [0.05, 0.1) is 12.0 Å². The van der Waals surface area contributed by atoms with Crippen molar-refractivity contribution in [3.05, 3.63) is 53.8 Å². The fourth-order valence-electron chi connectivity index (χ4n) is 2.46. The third-order valence-electron chi connectivity index (χ3n) is 4.05. The fraction of sp³-hybridized carbons (Fsp3) is 0.316. The molecular weight excluding hydrogens is 371 g/mol. The molecule has 2 rings (SSSR count). The number of sulfonamides is 1. The van der Waals surface area contributed by atoms with Gasteiger partial charge in [0.2, 0.25) is 15.9 Å². The quantitative estimate of drug-likeness (QED) is 0.756. The van der Waals surface area contributed by atoms with Crippen LogP contribution in [0.3, 0.4) is 0 Å². The summed E-state index contributed by atoms with van der Waals surface area (Å²) in [6.07, 6.45) is 0. The zero-order valence-electron chi connectivity index (χ0n) is 15.6. The molecular formula is C19H23FN2O4S. The first-order chi connectivity index (χ1) is 12.6. The number of amides is 1. The van der Waals surface area contributed by atoms with Gasteiger partial charge in [0.1, 0.15) is 17.6 Å². The summed E-state index contributed by atoms with van der Waals surface area (Å²) in [6.45, 7) is 5.13. The van der Waals surface area contributed by atoms with Gasteiger partial charge in [-0.2, -0.15) is 4.72 Å². The van der Waals surface area contributed by atoms with Crippen LogP contribution in [0.25, 0.3) is 0 Å². The first kappa shape index (κ1) is 20.9. The summed E-state index contributed by atoms with van der Waals surface area (Å²) in [7, 11) is -2.43. The maximum absolute atomic E-state index is 13.2. The van der Waals surface area contributed by atoms with Crippen LogP contribution < -0.4 is 14.8 Å². The molecule has 8 heteroatoms. The van der Waals surface area contributed by atoms with Gasteiger partial charge in [-0.25, -0.2) is 12.8 Å². The molecule has 0 heterocycles. The van der Waals surface area contributed by atoms with Crippen molar-refractivity contribution >= 4 is 21.6 Å². The molecule has 0 bridgehead atoms. The van der Waals surface area contributed by atoms with E-state index in [9.17, 15) is 17.6 Å². The Morgan fingerprint density at radius 2 is 1.74 bits per heavy atom. The van der Waals surface area contributed by atoms with Gasteiger partial charge < -0.3 is 10.1 Å². The molecule has 0 saturated heterocycles. The SMILES string of the molecule is COc1ccc(S(=O)(=O)NC(C(=O)Nc2ccc(F)cc2C)C(C)C)cc1. The van der Waals surface area contributed by atoms with Crippen LogP contribution in [0.1, 0.15) is 19.4 Å². The second-order valence-electron chi connectivity index (χ2n) is 6.47. The molecule has 146 valence electrons. The van der Waals surface area contributed by atoms with Gasteiger partial charge in [-0.1, -0.05) is 13.8 Å². The molecule has 1 amide bonds. The molecule has 0 aromatic heterocycles. The number of anilines is 1. The molecule has 1 atom stereocenters. The first-order valence-corrected chi connectivity index (χ1v) is 9.86. The highest BCUT2D eigenvalue weighted by Gasteiger charge is 2.28. The largest absolute Gasteiger partial charge is 0.497 e. The first-order valence-electron chi connectivity index (χ1n) is 8.37. The van der Waals surface area contributed by atoms with Crippen molar-refractivity contribution in [2.75, 3.05) is 12.4 Å². The standard InChI is InChI=1S/C19H23FN2O4S/c1-12(2)18(19(23)21-17-10-5-14(20)11-13(17)3)22-27(24,25)16-8-6-15(26-4)7-9-16/h5-12,18,22H,1-4H3,(H,21,23). The third kappa shape index (κ3) is 5.27. The van der Waals surface area contributed by atoms with E-state index in [0.29, 0.717) is 17.0 Å². The van der Waals surface area contributed by atoms with Crippen molar-refractivity contribution < 1.29 is 22.3 Å². The second kappa shape index (κ2) is 8.49. The highest BCUT2D eigenvalue weighted by atomic mass is 32.2. The normalized spacial score (nSPS) is 12.7. The van der Waals surface area contributed by atoms with E-state index in [4.69, 9.17) is 4.74 Å². The molecule has 0 saturated carbocycles. The Bertz CT molecular complexity index is 912. The van der Waals surface area contributed by atoms with Gasteiger partial charge in [-0.05, 0) is 60.9 Å². The Morgan fingerprint density at radius 1 is 1.11 bits per heavy atom. The van der Waals surface area contributed by atoms with Crippen molar-refractivity contribution in [3.63, 3.8) is 0 Å². The van der Waals surface area contributed by atoms with E-state index in [0.717, 1.165) is 0 Å². The van der Waals surface area contributed by atoms with E-state index < -0.39 is 27.8 Å². The number of hydrogen-bond donors (Lipinski definition) is 2. The summed E-state index contributed by atoms with van der Waals surface area (Å²) in [5.41, 5.74) is 0.972. The van der Waals surface area contributed by atoms with Crippen LogP contribution in [0.4, 0.5) is 10.1 Å². The predicted octanol–water partition coefficient (Wildman–Crippen LogP) is 3.08. The Hall–Kier alpha value is -2.45. The highest BCUT2D eigenvalue weighted by molar-refractivity contribution is 7.89. The van der Waals surface area contributed by atoms with Crippen LogP contribution in [-0.2, 0) is 14.8 Å². The summed E-state index contributed by atoms with van der Waals surface area (Å²) < 4.78 is 46.0. The van der Waals surface area contributed by atoms with E-state index in [1.54, 1.807) is 20.8 Å². The Kier molecular flexibility index (Phi) is 6.56.